The van der Waals surface area contributed by atoms with Crippen LogP contribution in [0.5, 0.6) is 0 Å². The van der Waals surface area contributed by atoms with Crippen molar-refractivity contribution < 1.29 is 4.79 Å². The monoisotopic (exact) mass is 324 g/mol. The van der Waals surface area contributed by atoms with Gasteiger partial charge in [0.1, 0.15) is 5.82 Å². The lowest BCUT2D eigenvalue weighted by Crippen LogP contribution is -2.19. The van der Waals surface area contributed by atoms with Crippen molar-refractivity contribution in [3.05, 3.63) is 12.3 Å². The van der Waals surface area contributed by atoms with Crippen LogP contribution in [0.25, 0.3) is 0 Å². The fourth-order valence-corrected chi connectivity index (χ4v) is 3.87. The van der Waals surface area contributed by atoms with Crippen molar-refractivity contribution in [2.45, 2.75) is 36.1 Å². The first-order valence-corrected chi connectivity index (χ1v) is 8.58. The summed E-state index contributed by atoms with van der Waals surface area (Å²) >= 11 is 2.61. The van der Waals surface area contributed by atoms with Gasteiger partial charge in [-0.25, -0.2) is 4.68 Å². The molecule has 2 aromatic rings. The molecule has 1 aliphatic rings. The molecule has 0 aliphatic heterocycles. The number of rotatable bonds is 5. The molecular formula is C12H16N6OS2. The second-order valence-corrected chi connectivity index (χ2v) is 7.07. The molecule has 1 saturated carbocycles. The number of carbonyl (C=O) groups excluding carboxylic acids is 1. The molecule has 0 saturated heterocycles. The molecule has 3 N–H and O–H groups in total. The van der Waals surface area contributed by atoms with Crippen LogP contribution in [0.2, 0.25) is 0 Å². The van der Waals surface area contributed by atoms with Gasteiger partial charge in [0.2, 0.25) is 11.0 Å². The Balaban J connectivity index is 1.56. The summed E-state index contributed by atoms with van der Waals surface area (Å²) in [6.45, 7) is 0. The van der Waals surface area contributed by atoms with E-state index in [9.17, 15) is 4.79 Å². The maximum atomic E-state index is 12.0. The summed E-state index contributed by atoms with van der Waals surface area (Å²) in [6.07, 6.45) is 6.44. The van der Waals surface area contributed by atoms with E-state index in [1.807, 2.05) is 10.7 Å². The molecular weight excluding hydrogens is 308 g/mol. The van der Waals surface area contributed by atoms with Crippen LogP contribution in [0.3, 0.4) is 0 Å². The molecule has 2 aromatic heterocycles. The zero-order valence-corrected chi connectivity index (χ0v) is 13.0. The van der Waals surface area contributed by atoms with E-state index in [-0.39, 0.29) is 11.7 Å². The van der Waals surface area contributed by atoms with Crippen LogP contribution in [0.1, 0.15) is 31.7 Å². The number of hydrogen-bond acceptors (Lipinski definition) is 7. The maximum absolute atomic E-state index is 12.0. The van der Waals surface area contributed by atoms with E-state index in [4.69, 9.17) is 5.73 Å². The summed E-state index contributed by atoms with van der Waals surface area (Å²) in [7, 11) is 0. The highest BCUT2D eigenvalue weighted by atomic mass is 32.2. The summed E-state index contributed by atoms with van der Waals surface area (Å²) in [5.41, 5.74) is 5.50. The Morgan fingerprint density at radius 2 is 2.29 bits per heavy atom. The van der Waals surface area contributed by atoms with Gasteiger partial charge in [-0.1, -0.05) is 35.9 Å². The van der Waals surface area contributed by atoms with Crippen molar-refractivity contribution in [2.75, 3.05) is 16.8 Å². The van der Waals surface area contributed by atoms with Gasteiger partial charge >= 0.3 is 0 Å². The van der Waals surface area contributed by atoms with Crippen molar-refractivity contribution in [1.82, 2.24) is 20.0 Å². The van der Waals surface area contributed by atoms with E-state index in [0.29, 0.717) is 15.5 Å². The SMILES string of the molecule is Nc1nnc(SCC(=O)Nc2ccnn2C2CCCC2)s1. The number of nitrogen functional groups attached to an aromatic ring is 1. The van der Waals surface area contributed by atoms with Crippen LogP contribution >= 0.6 is 23.1 Å². The molecule has 0 aromatic carbocycles. The molecule has 2 heterocycles. The molecule has 3 rings (SSSR count). The van der Waals surface area contributed by atoms with Crippen molar-refractivity contribution in [2.24, 2.45) is 0 Å². The molecule has 7 nitrogen and oxygen atoms in total. The minimum Gasteiger partial charge on any atom is -0.374 e. The summed E-state index contributed by atoms with van der Waals surface area (Å²) in [4.78, 5) is 12.0. The Morgan fingerprint density at radius 1 is 1.48 bits per heavy atom. The Labute approximate surface area is 130 Å². The summed E-state index contributed by atoms with van der Waals surface area (Å²) in [5, 5.41) is 15.2. The molecule has 1 amide bonds. The predicted octanol–water partition coefficient (Wildman–Crippen LogP) is 2.16. The lowest BCUT2D eigenvalue weighted by molar-refractivity contribution is -0.113. The van der Waals surface area contributed by atoms with Gasteiger partial charge < -0.3 is 11.1 Å². The molecule has 9 heteroatoms. The topological polar surface area (TPSA) is 98.7 Å². The van der Waals surface area contributed by atoms with Gasteiger partial charge in [-0.3, -0.25) is 4.79 Å². The molecule has 0 bridgehead atoms. The third kappa shape index (κ3) is 3.53. The number of aromatic nitrogens is 4. The number of nitrogens with zero attached hydrogens (tertiary/aromatic N) is 4. The fourth-order valence-electron chi connectivity index (χ4n) is 2.44. The van der Waals surface area contributed by atoms with E-state index in [1.165, 1.54) is 35.9 Å². The number of amides is 1. The number of thioether (sulfide) groups is 1. The van der Waals surface area contributed by atoms with Gasteiger partial charge in [-0.2, -0.15) is 5.10 Å². The molecule has 0 radical (unpaired) electrons. The van der Waals surface area contributed by atoms with Crippen LogP contribution in [0, 0.1) is 0 Å². The Bertz CT molecular complexity index is 619. The molecule has 0 atom stereocenters. The van der Waals surface area contributed by atoms with Crippen molar-refractivity contribution in [1.29, 1.82) is 0 Å². The largest absolute Gasteiger partial charge is 0.374 e. The smallest absolute Gasteiger partial charge is 0.235 e. The number of anilines is 2. The van der Waals surface area contributed by atoms with E-state index < -0.39 is 0 Å². The average Bonchev–Trinajstić information content (AvgIpc) is 3.16. The van der Waals surface area contributed by atoms with Gasteiger partial charge in [0, 0.05) is 6.07 Å². The average molecular weight is 324 g/mol. The van der Waals surface area contributed by atoms with Gasteiger partial charge in [-0.05, 0) is 12.8 Å². The van der Waals surface area contributed by atoms with Crippen LogP contribution < -0.4 is 11.1 Å². The molecule has 1 fully saturated rings. The normalized spacial score (nSPS) is 15.4. The first-order valence-electron chi connectivity index (χ1n) is 6.77. The first-order chi connectivity index (χ1) is 10.2. The zero-order valence-electron chi connectivity index (χ0n) is 11.4. The highest BCUT2D eigenvalue weighted by molar-refractivity contribution is 8.01. The Hall–Kier alpha value is -1.61. The van der Waals surface area contributed by atoms with Gasteiger partial charge in [-0.15, -0.1) is 10.2 Å². The fraction of sp³-hybridized carbons (Fsp3) is 0.500. The minimum absolute atomic E-state index is 0.0754. The Kier molecular flexibility index (Phi) is 4.39. The summed E-state index contributed by atoms with van der Waals surface area (Å²) < 4.78 is 2.63. The van der Waals surface area contributed by atoms with Crippen LogP contribution in [0.15, 0.2) is 16.6 Å². The predicted molar refractivity (Wildman–Crippen MR) is 83.4 cm³/mol. The second-order valence-electron chi connectivity index (χ2n) is 4.84. The highest BCUT2D eigenvalue weighted by Crippen LogP contribution is 2.31. The minimum atomic E-state index is -0.0754. The maximum Gasteiger partial charge on any atom is 0.235 e. The van der Waals surface area contributed by atoms with Crippen molar-refractivity contribution in [3.8, 4) is 0 Å². The molecule has 21 heavy (non-hydrogen) atoms. The standard InChI is InChI=1S/C12H16N6OS2/c13-11-16-17-12(21-11)20-7-10(19)15-9-5-6-14-18(9)8-3-1-2-4-8/h5-6,8H,1-4,7H2,(H2,13,16)(H,15,19). The van der Waals surface area contributed by atoms with Gasteiger partial charge in [0.05, 0.1) is 18.0 Å². The molecule has 112 valence electrons. The Morgan fingerprint density at radius 3 is 3.00 bits per heavy atom. The summed E-state index contributed by atoms with van der Waals surface area (Å²) in [5.74, 6) is 0.975. The van der Waals surface area contributed by atoms with Gasteiger partial charge in [0.15, 0.2) is 4.34 Å². The zero-order chi connectivity index (χ0) is 14.7. The van der Waals surface area contributed by atoms with Crippen LogP contribution in [-0.4, -0.2) is 31.6 Å². The third-order valence-corrected chi connectivity index (χ3v) is 5.24. The number of hydrogen-bond donors (Lipinski definition) is 2. The molecule has 1 aliphatic carbocycles. The summed E-state index contributed by atoms with van der Waals surface area (Å²) in [6, 6.07) is 2.25. The van der Waals surface area contributed by atoms with Crippen LogP contribution in [-0.2, 0) is 4.79 Å². The lowest BCUT2D eigenvalue weighted by Gasteiger charge is -2.14. The number of carbonyl (C=O) groups is 1. The molecule has 0 unspecified atom stereocenters. The lowest BCUT2D eigenvalue weighted by atomic mass is 10.2. The number of nitrogens with one attached hydrogen (secondary N) is 1. The quantitative estimate of drug-likeness (QED) is 0.818. The van der Waals surface area contributed by atoms with E-state index >= 15 is 0 Å². The van der Waals surface area contributed by atoms with Gasteiger partial charge in [0.25, 0.3) is 0 Å². The number of nitrogens with two attached hydrogens (primary N) is 1. The van der Waals surface area contributed by atoms with Crippen molar-refractivity contribution >= 4 is 40.0 Å². The second kappa shape index (κ2) is 6.44. The highest BCUT2D eigenvalue weighted by Gasteiger charge is 2.20. The van der Waals surface area contributed by atoms with E-state index in [1.54, 1.807) is 6.20 Å². The third-order valence-electron chi connectivity index (χ3n) is 3.36. The first kappa shape index (κ1) is 14.3. The van der Waals surface area contributed by atoms with Crippen LogP contribution in [0.4, 0.5) is 10.9 Å². The molecule has 0 spiro atoms. The van der Waals surface area contributed by atoms with E-state index in [2.05, 4.69) is 20.6 Å². The van der Waals surface area contributed by atoms with Crippen molar-refractivity contribution in [3.63, 3.8) is 0 Å². The van der Waals surface area contributed by atoms with E-state index in [0.717, 1.165) is 18.7 Å².